The highest BCUT2D eigenvalue weighted by atomic mass is 16.5. The standard InChI is InChI=1S/C13H20N2O4/c1-17-8-10(18-2)7-15-13(16)11-5-4-9(14)6-12(11)19-3/h4-6,10H,7-8,14H2,1-3H3,(H,15,16). The van der Waals surface area contributed by atoms with E-state index in [2.05, 4.69) is 5.32 Å². The van der Waals surface area contributed by atoms with Crippen LogP contribution in [0.15, 0.2) is 18.2 Å². The number of carbonyl (C=O) groups is 1. The molecule has 1 aromatic rings. The van der Waals surface area contributed by atoms with Gasteiger partial charge in [0.15, 0.2) is 0 Å². The smallest absolute Gasteiger partial charge is 0.255 e. The summed E-state index contributed by atoms with van der Waals surface area (Å²) in [5.41, 5.74) is 6.62. The van der Waals surface area contributed by atoms with Gasteiger partial charge in [-0.2, -0.15) is 0 Å². The highest BCUT2D eigenvalue weighted by Crippen LogP contribution is 2.21. The Hall–Kier alpha value is -1.79. The molecule has 0 radical (unpaired) electrons. The molecule has 106 valence electrons. The van der Waals surface area contributed by atoms with Crippen molar-refractivity contribution in [1.29, 1.82) is 0 Å². The topological polar surface area (TPSA) is 82.8 Å². The van der Waals surface area contributed by atoms with E-state index in [1.165, 1.54) is 7.11 Å². The zero-order valence-electron chi connectivity index (χ0n) is 11.4. The number of ether oxygens (including phenoxy) is 3. The lowest BCUT2D eigenvalue weighted by atomic mass is 10.1. The Morgan fingerprint density at radius 3 is 2.68 bits per heavy atom. The van der Waals surface area contributed by atoms with Crippen LogP contribution in [0.1, 0.15) is 10.4 Å². The molecular formula is C13H20N2O4. The molecule has 0 heterocycles. The van der Waals surface area contributed by atoms with Gasteiger partial charge in [-0.3, -0.25) is 4.79 Å². The van der Waals surface area contributed by atoms with Crippen LogP contribution < -0.4 is 15.8 Å². The average Bonchev–Trinajstić information content (AvgIpc) is 2.42. The SMILES string of the molecule is COCC(CNC(=O)c1ccc(N)cc1OC)OC. The van der Waals surface area contributed by atoms with Gasteiger partial charge >= 0.3 is 0 Å². The molecule has 1 unspecified atom stereocenters. The van der Waals surface area contributed by atoms with Gasteiger partial charge in [-0.25, -0.2) is 0 Å². The van der Waals surface area contributed by atoms with E-state index in [1.807, 2.05) is 0 Å². The Morgan fingerprint density at radius 1 is 1.37 bits per heavy atom. The fourth-order valence-corrected chi connectivity index (χ4v) is 1.59. The van der Waals surface area contributed by atoms with E-state index in [9.17, 15) is 4.79 Å². The lowest BCUT2D eigenvalue weighted by Crippen LogP contribution is -2.35. The van der Waals surface area contributed by atoms with Crippen LogP contribution in [0.2, 0.25) is 0 Å². The van der Waals surface area contributed by atoms with Gasteiger partial charge in [0.25, 0.3) is 5.91 Å². The Kier molecular flexibility index (Phi) is 6.11. The summed E-state index contributed by atoms with van der Waals surface area (Å²) in [6, 6.07) is 4.89. The number of nitrogens with two attached hydrogens (primary N) is 1. The first-order valence-electron chi connectivity index (χ1n) is 5.85. The van der Waals surface area contributed by atoms with Gasteiger partial charge in [-0.1, -0.05) is 0 Å². The predicted octanol–water partition coefficient (Wildman–Crippen LogP) is 0.669. The van der Waals surface area contributed by atoms with Crippen molar-refractivity contribution in [3.8, 4) is 5.75 Å². The second-order valence-corrected chi connectivity index (χ2v) is 3.98. The van der Waals surface area contributed by atoms with Gasteiger partial charge in [0, 0.05) is 32.5 Å². The van der Waals surface area contributed by atoms with E-state index in [-0.39, 0.29) is 12.0 Å². The van der Waals surface area contributed by atoms with Gasteiger partial charge < -0.3 is 25.3 Å². The van der Waals surface area contributed by atoms with Crippen LogP contribution in [0.5, 0.6) is 5.75 Å². The molecule has 0 fully saturated rings. The van der Waals surface area contributed by atoms with Crippen LogP contribution in [0.3, 0.4) is 0 Å². The van der Waals surface area contributed by atoms with Crippen LogP contribution in [0.25, 0.3) is 0 Å². The Balaban J connectivity index is 2.67. The maximum Gasteiger partial charge on any atom is 0.255 e. The van der Waals surface area contributed by atoms with Crippen LogP contribution in [-0.2, 0) is 9.47 Å². The van der Waals surface area contributed by atoms with Crippen molar-refractivity contribution in [1.82, 2.24) is 5.32 Å². The summed E-state index contributed by atoms with van der Waals surface area (Å²) < 4.78 is 15.3. The van der Waals surface area contributed by atoms with Gasteiger partial charge in [0.2, 0.25) is 0 Å². The number of rotatable bonds is 7. The Morgan fingerprint density at radius 2 is 2.11 bits per heavy atom. The minimum atomic E-state index is -0.241. The predicted molar refractivity (Wildman–Crippen MR) is 72.4 cm³/mol. The molecule has 0 aromatic heterocycles. The Labute approximate surface area is 112 Å². The molecule has 0 bridgehead atoms. The quantitative estimate of drug-likeness (QED) is 0.710. The monoisotopic (exact) mass is 268 g/mol. The largest absolute Gasteiger partial charge is 0.496 e. The second kappa shape index (κ2) is 7.60. The Bertz CT molecular complexity index is 423. The van der Waals surface area contributed by atoms with Gasteiger partial charge in [0.1, 0.15) is 5.75 Å². The number of nitrogens with one attached hydrogen (secondary N) is 1. The van der Waals surface area contributed by atoms with E-state index in [1.54, 1.807) is 32.4 Å². The van der Waals surface area contributed by atoms with Crippen LogP contribution in [0.4, 0.5) is 5.69 Å². The molecule has 0 aliphatic heterocycles. The molecule has 0 saturated carbocycles. The number of carbonyl (C=O) groups excluding carboxylic acids is 1. The van der Waals surface area contributed by atoms with Crippen molar-refractivity contribution in [2.45, 2.75) is 6.10 Å². The average molecular weight is 268 g/mol. The molecule has 1 amide bonds. The van der Waals surface area contributed by atoms with Gasteiger partial charge in [-0.05, 0) is 12.1 Å². The molecule has 1 atom stereocenters. The molecule has 0 saturated heterocycles. The van der Waals surface area contributed by atoms with Crippen LogP contribution >= 0.6 is 0 Å². The van der Waals surface area contributed by atoms with E-state index in [0.717, 1.165) is 0 Å². The van der Waals surface area contributed by atoms with Gasteiger partial charge in [0.05, 0.1) is 25.4 Å². The third kappa shape index (κ3) is 4.42. The number of hydrogen-bond acceptors (Lipinski definition) is 5. The summed E-state index contributed by atoms with van der Waals surface area (Å²) in [4.78, 5) is 12.0. The van der Waals surface area contributed by atoms with Crippen molar-refractivity contribution in [3.05, 3.63) is 23.8 Å². The maximum absolute atomic E-state index is 12.0. The zero-order chi connectivity index (χ0) is 14.3. The molecule has 6 heteroatoms. The van der Waals surface area contributed by atoms with Crippen molar-refractivity contribution in [3.63, 3.8) is 0 Å². The third-order valence-electron chi connectivity index (χ3n) is 2.65. The fraction of sp³-hybridized carbons (Fsp3) is 0.462. The molecule has 0 spiro atoms. The number of hydrogen-bond donors (Lipinski definition) is 2. The summed E-state index contributed by atoms with van der Waals surface area (Å²) in [6.45, 7) is 0.770. The van der Waals surface area contributed by atoms with Crippen molar-refractivity contribution >= 4 is 11.6 Å². The van der Waals surface area contributed by atoms with E-state index in [4.69, 9.17) is 19.9 Å². The summed E-state index contributed by atoms with van der Waals surface area (Å²) in [7, 11) is 4.64. The maximum atomic E-state index is 12.0. The number of nitrogen functional groups attached to an aromatic ring is 1. The first-order valence-corrected chi connectivity index (χ1v) is 5.85. The third-order valence-corrected chi connectivity index (χ3v) is 2.65. The van der Waals surface area contributed by atoms with E-state index < -0.39 is 0 Å². The van der Waals surface area contributed by atoms with Crippen molar-refractivity contribution in [2.24, 2.45) is 0 Å². The van der Waals surface area contributed by atoms with Crippen LogP contribution in [-0.4, -0.2) is 46.5 Å². The zero-order valence-corrected chi connectivity index (χ0v) is 11.4. The first kappa shape index (κ1) is 15.3. The van der Waals surface area contributed by atoms with Gasteiger partial charge in [-0.15, -0.1) is 0 Å². The highest BCUT2D eigenvalue weighted by Gasteiger charge is 2.14. The first-order chi connectivity index (χ1) is 9.12. The second-order valence-electron chi connectivity index (χ2n) is 3.98. The molecule has 1 rings (SSSR count). The molecule has 19 heavy (non-hydrogen) atoms. The lowest BCUT2D eigenvalue weighted by Gasteiger charge is -2.16. The normalized spacial score (nSPS) is 11.9. The van der Waals surface area contributed by atoms with E-state index >= 15 is 0 Å². The summed E-state index contributed by atoms with van der Waals surface area (Å²) in [5, 5.41) is 2.76. The number of anilines is 1. The summed E-state index contributed by atoms with van der Waals surface area (Å²) in [5.74, 6) is 0.202. The summed E-state index contributed by atoms with van der Waals surface area (Å²) in [6.07, 6.45) is -0.186. The number of benzene rings is 1. The number of methoxy groups -OCH3 is 3. The lowest BCUT2D eigenvalue weighted by molar-refractivity contribution is 0.0285. The van der Waals surface area contributed by atoms with Crippen molar-refractivity contribution < 1.29 is 19.0 Å². The molecule has 3 N–H and O–H groups in total. The molecule has 1 aromatic carbocycles. The number of amides is 1. The minimum Gasteiger partial charge on any atom is -0.496 e. The summed E-state index contributed by atoms with van der Waals surface area (Å²) >= 11 is 0. The minimum absolute atomic E-state index is 0.186. The highest BCUT2D eigenvalue weighted by molar-refractivity contribution is 5.97. The molecule has 0 aliphatic carbocycles. The van der Waals surface area contributed by atoms with E-state index in [0.29, 0.717) is 30.2 Å². The van der Waals surface area contributed by atoms with Crippen molar-refractivity contribution in [2.75, 3.05) is 40.2 Å². The molecular weight excluding hydrogens is 248 g/mol. The molecule has 6 nitrogen and oxygen atoms in total. The fourth-order valence-electron chi connectivity index (χ4n) is 1.59. The molecule has 0 aliphatic rings. The van der Waals surface area contributed by atoms with Crippen LogP contribution in [0, 0.1) is 0 Å².